The quantitative estimate of drug-likeness (QED) is 0.778. The van der Waals surface area contributed by atoms with Crippen LogP contribution in [-0.2, 0) is 4.79 Å². The molecule has 0 unspecified atom stereocenters. The SMILES string of the molecule is CC(C)c1ncc(Cl)c(C(=O)NCCCC(=O)O)n1. The zero-order valence-corrected chi connectivity index (χ0v) is 11.6. The summed E-state index contributed by atoms with van der Waals surface area (Å²) in [6.45, 7) is 4.10. The fourth-order valence-electron chi connectivity index (χ4n) is 1.34. The van der Waals surface area contributed by atoms with Gasteiger partial charge in [0.25, 0.3) is 5.91 Å². The molecule has 1 rings (SSSR count). The lowest BCUT2D eigenvalue weighted by atomic mass is 10.2. The van der Waals surface area contributed by atoms with Gasteiger partial charge in [-0.05, 0) is 6.42 Å². The minimum Gasteiger partial charge on any atom is -0.481 e. The molecule has 0 fully saturated rings. The van der Waals surface area contributed by atoms with Gasteiger partial charge in [-0.3, -0.25) is 9.59 Å². The Morgan fingerprint density at radius 2 is 2.16 bits per heavy atom. The Morgan fingerprint density at radius 1 is 1.47 bits per heavy atom. The number of amides is 1. The van der Waals surface area contributed by atoms with E-state index < -0.39 is 11.9 Å². The van der Waals surface area contributed by atoms with Crippen molar-refractivity contribution in [2.24, 2.45) is 0 Å². The minimum absolute atomic E-state index is 0.00896. The van der Waals surface area contributed by atoms with Crippen LogP contribution in [0.15, 0.2) is 6.20 Å². The number of nitrogens with one attached hydrogen (secondary N) is 1. The van der Waals surface area contributed by atoms with Gasteiger partial charge in [-0.1, -0.05) is 25.4 Å². The molecule has 1 heterocycles. The zero-order chi connectivity index (χ0) is 14.4. The molecule has 2 N–H and O–H groups in total. The first-order valence-electron chi connectivity index (χ1n) is 5.94. The monoisotopic (exact) mass is 285 g/mol. The first-order valence-corrected chi connectivity index (χ1v) is 6.32. The van der Waals surface area contributed by atoms with E-state index in [9.17, 15) is 9.59 Å². The fraction of sp³-hybridized carbons (Fsp3) is 0.500. The number of halogens is 1. The Labute approximate surface area is 116 Å². The molecule has 0 spiro atoms. The highest BCUT2D eigenvalue weighted by atomic mass is 35.5. The van der Waals surface area contributed by atoms with Crippen molar-refractivity contribution in [1.82, 2.24) is 15.3 Å². The summed E-state index contributed by atoms with van der Waals surface area (Å²) in [5.74, 6) is -0.674. The first-order chi connectivity index (χ1) is 8.91. The molecule has 104 valence electrons. The maximum absolute atomic E-state index is 11.9. The van der Waals surface area contributed by atoms with Crippen LogP contribution in [0.2, 0.25) is 5.02 Å². The molecule has 0 aliphatic rings. The summed E-state index contributed by atoms with van der Waals surface area (Å²) in [6.07, 6.45) is 1.77. The molecule has 0 aliphatic carbocycles. The third kappa shape index (κ3) is 4.82. The van der Waals surface area contributed by atoms with E-state index in [-0.39, 0.29) is 29.6 Å². The van der Waals surface area contributed by atoms with Gasteiger partial charge in [0.1, 0.15) is 11.5 Å². The molecule has 1 amide bonds. The van der Waals surface area contributed by atoms with Crippen LogP contribution in [0.3, 0.4) is 0 Å². The second-order valence-electron chi connectivity index (χ2n) is 4.33. The van der Waals surface area contributed by atoms with Gasteiger partial charge in [0.15, 0.2) is 0 Å². The molecular weight excluding hydrogens is 270 g/mol. The Balaban J connectivity index is 2.65. The lowest BCUT2D eigenvalue weighted by molar-refractivity contribution is -0.137. The van der Waals surface area contributed by atoms with E-state index in [0.717, 1.165) is 0 Å². The number of carbonyl (C=O) groups excluding carboxylic acids is 1. The standard InChI is InChI=1S/C12H16ClN3O3/c1-7(2)11-15-6-8(13)10(16-11)12(19)14-5-3-4-9(17)18/h6-7H,3-5H2,1-2H3,(H,14,19)(H,17,18). The molecule has 7 heteroatoms. The second kappa shape index (κ2) is 7.04. The van der Waals surface area contributed by atoms with Crippen LogP contribution in [0.1, 0.15) is 48.9 Å². The summed E-state index contributed by atoms with van der Waals surface area (Å²) >= 11 is 5.88. The van der Waals surface area contributed by atoms with Crippen molar-refractivity contribution in [3.05, 3.63) is 22.7 Å². The number of carboxylic acids is 1. The van der Waals surface area contributed by atoms with Gasteiger partial charge in [-0.2, -0.15) is 0 Å². The van der Waals surface area contributed by atoms with Crippen LogP contribution in [0, 0.1) is 0 Å². The van der Waals surface area contributed by atoms with Gasteiger partial charge in [0.05, 0.1) is 11.2 Å². The smallest absolute Gasteiger partial charge is 0.303 e. The Bertz CT molecular complexity index is 477. The van der Waals surface area contributed by atoms with E-state index in [1.807, 2.05) is 13.8 Å². The topological polar surface area (TPSA) is 92.2 Å². The lowest BCUT2D eigenvalue weighted by Gasteiger charge is -2.08. The van der Waals surface area contributed by atoms with Gasteiger partial charge >= 0.3 is 5.97 Å². The van der Waals surface area contributed by atoms with Gasteiger partial charge < -0.3 is 10.4 Å². The Morgan fingerprint density at radius 3 is 2.74 bits per heavy atom. The van der Waals surface area contributed by atoms with Crippen molar-refractivity contribution in [1.29, 1.82) is 0 Å². The first kappa shape index (κ1) is 15.4. The maximum atomic E-state index is 11.9. The lowest BCUT2D eigenvalue weighted by Crippen LogP contribution is -2.26. The molecule has 1 aromatic rings. The summed E-state index contributed by atoms with van der Waals surface area (Å²) in [6, 6.07) is 0. The van der Waals surface area contributed by atoms with Crippen LogP contribution in [-0.4, -0.2) is 33.5 Å². The van der Waals surface area contributed by atoms with Crippen LogP contribution in [0.25, 0.3) is 0 Å². The van der Waals surface area contributed by atoms with Crippen molar-refractivity contribution in [3.8, 4) is 0 Å². The summed E-state index contributed by atoms with van der Waals surface area (Å²) in [4.78, 5) is 30.3. The molecule has 19 heavy (non-hydrogen) atoms. The Kier molecular flexibility index (Phi) is 5.69. The molecule has 6 nitrogen and oxygen atoms in total. The number of carboxylic acid groups (broad SMARTS) is 1. The number of aliphatic carboxylic acids is 1. The normalized spacial score (nSPS) is 10.5. The summed E-state index contributed by atoms with van der Waals surface area (Å²) < 4.78 is 0. The van der Waals surface area contributed by atoms with Crippen molar-refractivity contribution in [3.63, 3.8) is 0 Å². The summed E-state index contributed by atoms with van der Waals surface area (Å²) in [7, 11) is 0. The van der Waals surface area contributed by atoms with E-state index in [1.54, 1.807) is 0 Å². The van der Waals surface area contributed by atoms with Crippen LogP contribution in [0.4, 0.5) is 0 Å². The summed E-state index contributed by atoms with van der Waals surface area (Å²) in [5.41, 5.74) is 0.121. The Hall–Kier alpha value is -1.69. The third-order valence-corrected chi connectivity index (χ3v) is 2.62. The second-order valence-corrected chi connectivity index (χ2v) is 4.74. The molecule has 0 aliphatic heterocycles. The molecule has 0 atom stereocenters. The molecule has 0 bridgehead atoms. The average molecular weight is 286 g/mol. The van der Waals surface area contributed by atoms with E-state index in [1.165, 1.54) is 6.20 Å². The highest BCUT2D eigenvalue weighted by molar-refractivity contribution is 6.33. The fourth-order valence-corrected chi connectivity index (χ4v) is 1.52. The van der Waals surface area contributed by atoms with E-state index in [0.29, 0.717) is 12.2 Å². The van der Waals surface area contributed by atoms with Crippen molar-refractivity contribution in [2.75, 3.05) is 6.54 Å². The van der Waals surface area contributed by atoms with Crippen LogP contribution >= 0.6 is 11.6 Å². The highest BCUT2D eigenvalue weighted by Gasteiger charge is 2.15. The van der Waals surface area contributed by atoms with E-state index in [2.05, 4.69) is 15.3 Å². The summed E-state index contributed by atoms with van der Waals surface area (Å²) in [5, 5.41) is 11.2. The maximum Gasteiger partial charge on any atom is 0.303 e. The van der Waals surface area contributed by atoms with E-state index >= 15 is 0 Å². The van der Waals surface area contributed by atoms with Crippen molar-refractivity contribution >= 4 is 23.5 Å². The minimum atomic E-state index is -0.892. The van der Waals surface area contributed by atoms with Crippen molar-refractivity contribution < 1.29 is 14.7 Å². The number of rotatable bonds is 6. The van der Waals surface area contributed by atoms with Gasteiger partial charge in [-0.15, -0.1) is 0 Å². The van der Waals surface area contributed by atoms with E-state index in [4.69, 9.17) is 16.7 Å². The largest absolute Gasteiger partial charge is 0.481 e. The van der Waals surface area contributed by atoms with Gasteiger partial charge in [-0.25, -0.2) is 9.97 Å². The molecule has 0 radical (unpaired) electrons. The van der Waals surface area contributed by atoms with Crippen LogP contribution in [0.5, 0.6) is 0 Å². The molecular formula is C12H16ClN3O3. The number of hydrogen-bond acceptors (Lipinski definition) is 4. The third-order valence-electron chi connectivity index (χ3n) is 2.35. The van der Waals surface area contributed by atoms with Crippen molar-refractivity contribution in [2.45, 2.75) is 32.6 Å². The number of aromatic nitrogens is 2. The van der Waals surface area contributed by atoms with Gasteiger partial charge in [0, 0.05) is 18.9 Å². The number of carbonyl (C=O) groups is 2. The predicted octanol–water partition coefficient (Wildman–Crippen LogP) is 1.85. The molecule has 0 aromatic carbocycles. The highest BCUT2D eigenvalue weighted by Crippen LogP contribution is 2.16. The predicted molar refractivity (Wildman–Crippen MR) is 70.3 cm³/mol. The zero-order valence-electron chi connectivity index (χ0n) is 10.8. The van der Waals surface area contributed by atoms with Crippen LogP contribution < -0.4 is 5.32 Å². The number of hydrogen-bond donors (Lipinski definition) is 2. The average Bonchev–Trinajstić information content (AvgIpc) is 2.34. The molecule has 0 saturated heterocycles. The van der Waals surface area contributed by atoms with Gasteiger partial charge in [0.2, 0.25) is 0 Å². The molecule has 0 saturated carbocycles. The number of nitrogens with zero attached hydrogens (tertiary/aromatic N) is 2. The molecule has 1 aromatic heterocycles.